The number of likely N-dealkylation sites (tertiary alicyclic amines) is 1. The minimum Gasteiger partial charge on any atom is -0.357 e. The van der Waals surface area contributed by atoms with Crippen LogP contribution in [0, 0.1) is 11.8 Å². The lowest BCUT2D eigenvalue weighted by Gasteiger charge is -2.22. The highest BCUT2D eigenvalue weighted by Gasteiger charge is 2.35. The summed E-state index contributed by atoms with van der Waals surface area (Å²) in [5.74, 6) is 2.98. The van der Waals surface area contributed by atoms with Gasteiger partial charge in [0.2, 0.25) is 0 Å². The van der Waals surface area contributed by atoms with Crippen molar-refractivity contribution in [2.24, 2.45) is 16.8 Å². The van der Waals surface area contributed by atoms with E-state index in [9.17, 15) is 0 Å². The first kappa shape index (κ1) is 14.1. The molecule has 94 valence electrons. The number of rotatable bonds is 1. The Balaban J connectivity index is 0.00000128. The molecule has 0 aromatic heterocycles. The average Bonchev–Trinajstić information content (AvgIpc) is 2.69. The summed E-state index contributed by atoms with van der Waals surface area (Å²) in [6.07, 6.45) is 5.75. The number of fused-ring (bicyclic) bond motifs is 1. The van der Waals surface area contributed by atoms with Crippen molar-refractivity contribution in [2.45, 2.75) is 32.6 Å². The molecule has 0 radical (unpaired) electrons. The zero-order valence-corrected chi connectivity index (χ0v) is 12.7. The molecular formula is C12H24IN3. The Morgan fingerprint density at radius 1 is 1.25 bits per heavy atom. The third-order valence-corrected chi connectivity index (χ3v) is 3.82. The Bertz CT molecular complexity index is 228. The summed E-state index contributed by atoms with van der Waals surface area (Å²) in [5, 5.41) is 3.36. The van der Waals surface area contributed by atoms with Crippen LogP contribution in [0.15, 0.2) is 4.99 Å². The first-order valence-corrected chi connectivity index (χ1v) is 6.30. The highest BCUT2D eigenvalue weighted by molar-refractivity contribution is 14.0. The minimum absolute atomic E-state index is 0. The lowest BCUT2D eigenvalue weighted by Crippen LogP contribution is -2.40. The van der Waals surface area contributed by atoms with Crippen molar-refractivity contribution < 1.29 is 0 Å². The molecule has 1 saturated carbocycles. The zero-order chi connectivity index (χ0) is 10.7. The van der Waals surface area contributed by atoms with Crippen molar-refractivity contribution in [3.05, 3.63) is 0 Å². The maximum atomic E-state index is 4.35. The molecule has 1 aliphatic carbocycles. The van der Waals surface area contributed by atoms with Gasteiger partial charge in [0.1, 0.15) is 0 Å². The van der Waals surface area contributed by atoms with Gasteiger partial charge in [-0.1, -0.05) is 12.8 Å². The van der Waals surface area contributed by atoms with Gasteiger partial charge < -0.3 is 10.2 Å². The van der Waals surface area contributed by atoms with Crippen molar-refractivity contribution in [3.63, 3.8) is 0 Å². The molecular weight excluding hydrogens is 313 g/mol. The largest absolute Gasteiger partial charge is 0.357 e. The topological polar surface area (TPSA) is 27.6 Å². The fourth-order valence-corrected chi connectivity index (χ4v) is 3.07. The molecule has 0 aromatic carbocycles. The van der Waals surface area contributed by atoms with Gasteiger partial charge in [0.05, 0.1) is 0 Å². The second kappa shape index (κ2) is 6.67. The molecule has 4 heteroatoms. The molecule has 2 aliphatic rings. The van der Waals surface area contributed by atoms with Crippen LogP contribution in [0.25, 0.3) is 0 Å². The van der Waals surface area contributed by atoms with Crippen LogP contribution in [0.3, 0.4) is 0 Å². The predicted octanol–water partition coefficient (Wildman–Crippen LogP) is 2.32. The summed E-state index contributed by atoms with van der Waals surface area (Å²) in [7, 11) is 1.89. The van der Waals surface area contributed by atoms with Gasteiger partial charge in [-0.05, 0) is 31.6 Å². The Labute approximate surface area is 116 Å². The summed E-state index contributed by atoms with van der Waals surface area (Å²) in [6, 6.07) is 0. The molecule has 1 aliphatic heterocycles. The lowest BCUT2D eigenvalue weighted by molar-refractivity contribution is 0.299. The Kier molecular flexibility index (Phi) is 5.86. The van der Waals surface area contributed by atoms with Gasteiger partial charge >= 0.3 is 0 Å². The van der Waals surface area contributed by atoms with Crippen molar-refractivity contribution in [1.29, 1.82) is 0 Å². The molecule has 2 rings (SSSR count). The van der Waals surface area contributed by atoms with E-state index < -0.39 is 0 Å². The lowest BCUT2D eigenvalue weighted by atomic mass is 9.82. The Hall–Kier alpha value is 0. The number of hydrogen-bond donors (Lipinski definition) is 1. The summed E-state index contributed by atoms with van der Waals surface area (Å²) >= 11 is 0. The van der Waals surface area contributed by atoms with Gasteiger partial charge in [-0.15, -0.1) is 24.0 Å². The van der Waals surface area contributed by atoms with E-state index in [0.717, 1.165) is 24.3 Å². The van der Waals surface area contributed by atoms with Crippen LogP contribution >= 0.6 is 24.0 Å². The number of halogens is 1. The predicted molar refractivity (Wildman–Crippen MR) is 79.5 cm³/mol. The van der Waals surface area contributed by atoms with Crippen LogP contribution in [0.1, 0.15) is 32.6 Å². The quantitative estimate of drug-likeness (QED) is 0.452. The van der Waals surface area contributed by atoms with E-state index in [0.29, 0.717) is 0 Å². The van der Waals surface area contributed by atoms with Gasteiger partial charge in [-0.2, -0.15) is 0 Å². The van der Waals surface area contributed by atoms with E-state index in [1.807, 2.05) is 7.05 Å². The third-order valence-electron chi connectivity index (χ3n) is 3.82. The molecule has 0 aromatic rings. The highest BCUT2D eigenvalue weighted by atomic mass is 127. The van der Waals surface area contributed by atoms with E-state index in [4.69, 9.17) is 0 Å². The van der Waals surface area contributed by atoms with Gasteiger partial charge in [0, 0.05) is 26.7 Å². The molecule has 0 amide bonds. The molecule has 0 bridgehead atoms. The summed E-state index contributed by atoms with van der Waals surface area (Å²) in [6.45, 7) is 5.56. The molecule has 2 atom stereocenters. The number of aliphatic imine (C=N–C) groups is 1. The van der Waals surface area contributed by atoms with Crippen molar-refractivity contribution in [3.8, 4) is 0 Å². The Morgan fingerprint density at radius 2 is 1.81 bits per heavy atom. The van der Waals surface area contributed by atoms with Crippen LogP contribution in [0.4, 0.5) is 0 Å². The molecule has 2 unspecified atom stereocenters. The molecule has 1 saturated heterocycles. The summed E-state index contributed by atoms with van der Waals surface area (Å²) < 4.78 is 0. The van der Waals surface area contributed by atoms with Gasteiger partial charge in [0.15, 0.2) is 5.96 Å². The molecule has 2 fully saturated rings. The standard InChI is InChI=1S/C12H23N3.HI/c1-3-14-12(13-2)15-8-10-6-4-5-7-11(10)9-15;/h10-11H,3-9H2,1-2H3,(H,13,14);1H. The second-order valence-corrected chi connectivity index (χ2v) is 4.79. The van der Waals surface area contributed by atoms with Crippen molar-refractivity contribution in [2.75, 3.05) is 26.7 Å². The first-order valence-electron chi connectivity index (χ1n) is 6.30. The maximum absolute atomic E-state index is 4.35. The third kappa shape index (κ3) is 3.02. The molecule has 3 nitrogen and oxygen atoms in total. The smallest absolute Gasteiger partial charge is 0.193 e. The fourth-order valence-electron chi connectivity index (χ4n) is 3.07. The number of hydrogen-bond acceptors (Lipinski definition) is 1. The van der Waals surface area contributed by atoms with E-state index in [-0.39, 0.29) is 24.0 Å². The summed E-state index contributed by atoms with van der Waals surface area (Å²) in [5.41, 5.74) is 0. The number of nitrogens with zero attached hydrogens (tertiary/aromatic N) is 2. The second-order valence-electron chi connectivity index (χ2n) is 4.79. The van der Waals surface area contributed by atoms with Crippen molar-refractivity contribution >= 4 is 29.9 Å². The van der Waals surface area contributed by atoms with Crippen LogP contribution in [-0.4, -0.2) is 37.5 Å². The van der Waals surface area contributed by atoms with Crippen molar-refractivity contribution in [1.82, 2.24) is 10.2 Å². The van der Waals surface area contributed by atoms with Crippen LogP contribution in [0.2, 0.25) is 0 Å². The minimum atomic E-state index is 0. The van der Waals surface area contributed by atoms with E-state index in [1.54, 1.807) is 0 Å². The normalized spacial score (nSPS) is 29.6. The molecule has 16 heavy (non-hydrogen) atoms. The fraction of sp³-hybridized carbons (Fsp3) is 0.917. The van der Waals surface area contributed by atoms with Gasteiger partial charge in [-0.3, -0.25) is 4.99 Å². The molecule has 1 heterocycles. The zero-order valence-electron chi connectivity index (χ0n) is 10.4. The number of nitrogens with one attached hydrogen (secondary N) is 1. The monoisotopic (exact) mass is 337 g/mol. The SMILES string of the molecule is CCNC(=NC)N1CC2CCCCC2C1.I. The molecule has 1 N–H and O–H groups in total. The Morgan fingerprint density at radius 3 is 2.25 bits per heavy atom. The van der Waals surface area contributed by atoms with E-state index in [1.165, 1.54) is 38.8 Å². The summed E-state index contributed by atoms with van der Waals surface area (Å²) in [4.78, 5) is 6.80. The van der Waals surface area contributed by atoms with Gasteiger partial charge in [0.25, 0.3) is 0 Å². The number of guanidine groups is 1. The van der Waals surface area contributed by atoms with Crippen LogP contribution < -0.4 is 5.32 Å². The van der Waals surface area contributed by atoms with E-state index >= 15 is 0 Å². The average molecular weight is 337 g/mol. The van der Waals surface area contributed by atoms with E-state index in [2.05, 4.69) is 22.1 Å². The maximum Gasteiger partial charge on any atom is 0.193 e. The molecule has 0 spiro atoms. The van der Waals surface area contributed by atoms with Crippen LogP contribution in [-0.2, 0) is 0 Å². The van der Waals surface area contributed by atoms with Crippen LogP contribution in [0.5, 0.6) is 0 Å². The first-order chi connectivity index (χ1) is 7.35. The van der Waals surface area contributed by atoms with Gasteiger partial charge in [-0.25, -0.2) is 0 Å². The highest BCUT2D eigenvalue weighted by Crippen LogP contribution is 2.35.